The van der Waals surface area contributed by atoms with Crippen molar-refractivity contribution in [2.75, 3.05) is 5.32 Å². The Labute approximate surface area is 156 Å². The number of rotatable bonds is 4. The van der Waals surface area contributed by atoms with Gasteiger partial charge in [-0.2, -0.15) is 0 Å². The molecule has 3 aromatic rings. The minimum Gasteiger partial charge on any atom is -0.457 e. The largest absolute Gasteiger partial charge is 0.457 e. The van der Waals surface area contributed by atoms with Crippen molar-refractivity contribution >= 4 is 22.4 Å². The monoisotopic (exact) mass is 364 g/mol. The maximum absolute atomic E-state index is 12.5. The topological polar surface area (TPSA) is 51.2 Å². The molecule has 4 rings (SSSR count). The lowest BCUT2D eigenvalue weighted by atomic mass is 9.93. The quantitative estimate of drug-likeness (QED) is 0.682. The molecule has 0 fully saturated rings. The van der Waals surface area contributed by atoms with E-state index in [2.05, 4.69) is 17.2 Å². The highest BCUT2D eigenvalue weighted by atomic mass is 32.1. The molecule has 0 radical (unpaired) electrons. The Morgan fingerprint density at radius 3 is 2.62 bits per heavy atom. The summed E-state index contributed by atoms with van der Waals surface area (Å²) in [5, 5.41) is 3.62. The van der Waals surface area contributed by atoms with Crippen LogP contribution in [0.1, 0.15) is 34.3 Å². The zero-order valence-corrected chi connectivity index (χ0v) is 15.4. The van der Waals surface area contributed by atoms with E-state index in [1.54, 1.807) is 35.6 Å². The van der Waals surface area contributed by atoms with Crippen LogP contribution in [0, 0.1) is 5.92 Å². The average Bonchev–Trinajstić information content (AvgIpc) is 3.04. The molecule has 0 saturated heterocycles. The van der Waals surface area contributed by atoms with Crippen molar-refractivity contribution in [3.63, 3.8) is 0 Å². The van der Waals surface area contributed by atoms with Crippen LogP contribution in [0.4, 0.5) is 5.13 Å². The van der Waals surface area contributed by atoms with Crippen molar-refractivity contribution in [3.8, 4) is 11.5 Å². The minimum absolute atomic E-state index is 0.143. The number of thiazole rings is 1. The minimum atomic E-state index is -0.143. The molecule has 1 unspecified atom stereocenters. The van der Waals surface area contributed by atoms with E-state index in [1.807, 2.05) is 30.3 Å². The first-order chi connectivity index (χ1) is 12.7. The van der Waals surface area contributed by atoms with Gasteiger partial charge < -0.3 is 4.74 Å². The van der Waals surface area contributed by atoms with Gasteiger partial charge in [-0.05, 0) is 61.6 Å². The summed E-state index contributed by atoms with van der Waals surface area (Å²) in [6.45, 7) is 2.25. The standard InChI is InChI=1S/C21H20N2O2S/c1-14-7-12-19-18(13-14)22-21(26-19)23-20(24)15-8-10-17(11-9-15)25-16-5-3-2-4-6-16/h2-6,8-11,14H,7,12-13H2,1H3,(H,22,23,24). The normalized spacial score (nSPS) is 16.0. The number of hydrogen-bond donors (Lipinski definition) is 1. The first kappa shape index (κ1) is 16.8. The van der Waals surface area contributed by atoms with Crippen LogP contribution in [0.25, 0.3) is 0 Å². The molecule has 2 aromatic carbocycles. The highest BCUT2D eigenvalue weighted by Crippen LogP contribution is 2.32. The van der Waals surface area contributed by atoms with Crippen LogP contribution in [-0.2, 0) is 12.8 Å². The maximum Gasteiger partial charge on any atom is 0.257 e. The van der Waals surface area contributed by atoms with E-state index in [9.17, 15) is 4.79 Å². The number of carbonyl (C=O) groups excluding carboxylic acids is 1. The van der Waals surface area contributed by atoms with Gasteiger partial charge in [0.1, 0.15) is 11.5 Å². The molecule has 1 atom stereocenters. The Bertz CT molecular complexity index is 904. The number of hydrogen-bond acceptors (Lipinski definition) is 4. The van der Waals surface area contributed by atoms with E-state index >= 15 is 0 Å². The third-order valence-corrected chi connectivity index (χ3v) is 5.57. The fraction of sp³-hybridized carbons (Fsp3) is 0.238. The van der Waals surface area contributed by atoms with Crippen LogP contribution in [-0.4, -0.2) is 10.9 Å². The lowest BCUT2D eigenvalue weighted by Crippen LogP contribution is -2.12. The average molecular weight is 364 g/mol. The second-order valence-corrected chi connectivity index (χ2v) is 7.71. The first-order valence-electron chi connectivity index (χ1n) is 8.80. The molecule has 26 heavy (non-hydrogen) atoms. The van der Waals surface area contributed by atoms with Crippen LogP contribution in [0.5, 0.6) is 11.5 Å². The number of benzene rings is 2. The van der Waals surface area contributed by atoms with E-state index in [1.165, 1.54) is 11.3 Å². The lowest BCUT2D eigenvalue weighted by Gasteiger charge is -2.15. The summed E-state index contributed by atoms with van der Waals surface area (Å²) in [7, 11) is 0. The molecule has 1 heterocycles. The Hall–Kier alpha value is -2.66. The molecule has 0 spiro atoms. The predicted molar refractivity (Wildman–Crippen MR) is 104 cm³/mol. The van der Waals surface area contributed by atoms with E-state index in [-0.39, 0.29) is 5.91 Å². The van der Waals surface area contributed by atoms with Crippen molar-refractivity contribution in [3.05, 3.63) is 70.7 Å². The third-order valence-electron chi connectivity index (χ3n) is 4.50. The van der Waals surface area contributed by atoms with Gasteiger partial charge in [0.15, 0.2) is 5.13 Å². The second-order valence-electron chi connectivity index (χ2n) is 6.63. The number of carbonyl (C=O) groups is 1. The van der Waals surface area contributed by atoms with E-state index in [4.69, 9.17) is 4.74 Å². The molecule has 1 amide bonds. The van der Waals surface area contributed by atoms with Crippen molar-refractivity contribution < 1.29 is 9.53 Å². The van der Waals surface area contributed by atoms with Gasteiger partial charge in [-0.3, -0.25) is 10.1 Å². The first-order valence-corrected chi connectivity index (χ1v) is 9.62. The molecule has 1 aromatic heterocycles. The number of para-hydroxylation sites is 1. The van der Waals surface area contributed by atoms with Crippen LogP contribution < -0.4 is 10.1 Å². The molecule has 0 saturated carbocycles. The Balaban J connectivity index is 1.42. The second kappa shape index (κ2) is 7.30. The van der Waals surface area contributed by atoms with Gasteiger partial charge in [0, 0.05) is 10.4 Å². The molecule has 0 bridgehead atoms. The van der Waals surface area contributed by atoms with Crippen LogP contribution in [0.3, 0.4) is 0 Å². The van der Waals surface area contributed by atoms with Crippen LogP contribution in [0.15, 0.2) is 54.6 Å². The number of fused-ring (bicyclic) bond motifs is 1. The zero-order valence-electron chi connectivity index (χ0n) is 14.6. The molecule has 1 N–H and O–H groups in total. The van der Waals surface area contributed by atoms with Gasteiger partial charge in [-0.15, -0.1) is 11.3 Å². The Morgan fingerprint density at radius 1 is 1.12 bits per heavy atom. The molecule has 1 aliphatic carbocycles. The van der Waals surface area contributed by atoms with Gasteiger partial charge in [-0.25, -0.2) is 4.98 Å². The number of anilines is 1. The molecular formula is C21H20N2O2S. The van der Waals surface area contributed by atoms with Gasteiger partial charge in [0.2, 0.25) is 0 Å². The maximum atomic E-state index is 12.5. The fourth-order valence-corrected chi connectivity index (χ4v) is 4.07. The third kappa shape index (κ3) is 3.78. The van der Waals surface area contributed by atoms with Gasteiger partial charge in [0.25, 0.3) is 5.91 Å². The summed E-state index contributed by atoms with van der Waals surface area (Å²) in [6, 6.07) is 16.7. The van der Waals surface area contributed by atoms with Crippen molar-refractivity contribution in [1.29, 1.82) is 0 Å². The highest BCUT2D eigenvalue weighted by Gasteiger charge is 2.20. The van der Waals surface area contributed by atoms with Crippen molar-refractivity contribution in [1.82, 2.24) is 4.98 Å². The van der Waals surface area contributed by atoms with E-state index < -0.39 is 0 Å². The lowest BCUT2D eigenvalue weighted by molar-refractivity contribution is 0.102. The van der Waals surface area contributed by atoms with Crippen LogP contribution in [0.2, 0.25) is 0 Å². The van der Waals surface area contributed by atoms with Gasteiger partial charge >= 0.3 is 0 Å². The molecular weight excluding hydrogens is 344 g/mol. The number of nitrogens with zero attached hydrogens (tertiary/aromatic N) is 1. The molecule has 132 valence electrons. The number of amides is 1. The summed E-state index contributed by atoms with van der Waals surface area (Å²) < 4.78 is 5.75. The smallest absolute Gasteiger partial charge is 0.257 e. The predicted octanol–water partition coefficient (Wildman–Crippen LogP) is 5.31. The Morgan fingerprint density at radius 2 is 1.85 bits per heavy atom. The van der Waals surface area contributed by atoms with Gasteiger partial charge in [-0.1, -0.05) is 25.1 Å². The fourth-order valence-electron chi connectivity index (χ4n) is 3.07. The number of ether oxygens (including phenoxy) is 1. The molecule has 5 heteroatoms. The number of aromatic nitrogens is 1. The van der Waals surface area contributed by atoms with E-state index in [0.717, 1.165) is 24.3 Å². The summed E-state index contributed by atoms with van der Waals surface area (Å²) in [5.41, 5.74) is 1.74. The van der Waals surface area contributed by atoms with Crippen molar-refractivity contribution in [2.24, 2.45) is 5.92 Å². The SMILES string of the molecule is CC1CCc2sc(NC(=O)c3ccc(Oc4ccccc4)cc3)nc2C1. The number of aryl methyl sites for hydroxylation is 1. The summed E-state index contributed by atoms with van der Waals surface area (Å²) in [4.78, 5) is 18.4. The molecule has 4 nitrogen and oxygen atoms in total. The Kier molecular flexibility index (Phi) is 4.71. The van der Waals surface area contributed by atoms with Gasteiger partial charge in [0.05, 0.1) is 5.69 Å². The number of nitrogens with one attached hydrogen (secondary N) is 1. The molecule has 0 aliphatic heterocycles. The summed E-state index contributed by atoms with van der Waals surface area (Å²) >= 11 is 1.60. The molecule has 1 aliphatic rings. The van der Waals surface area contributed by atoms with E-state index in [0.29, 0.717) is 22.4 Å². The zero-order chi connectivity index (χ0) is 17.9. The highest BCUT2D eigenvalue weighted by molar-refractivity contribution is 7.15. The summed E-state index contributed by atoms with van der Waals surface area (Å²) in [6.07, 6.45) is 3.27. The summed E-state index contributed by atoms with van der Waals surface area (Å²) in [5.74, 6) is 2.00. The van der Waals surface area contributed by atoms with Crippen molar-refractivity contribution in [2.45, 2.75) is 26.2 Å². The van der Waals surface area contributed by atoms with Crippen LogP contribution >= 0.6 is 11.3 Å².